The molecule has 0 radical (unpaired) electrons. The fourth-order valence-electron chi connectivity index (χ4n) is 2.35. The summed E-state index contributed by atoms with van der Waals surface area (Å²) in [6.07, 6.45) is 2.81. The van der Waals surface area contributed by atoms with Gasteiger partial charge in [0, 0.05) is 23.7 Å². The molecule has 112 valence electrons. The van der Waals surface area contributed by atoms with Crippen molar-refractivity contribution in [3.63, 3.8) is 0 Å². The third-order valence-electron chi connectivity index (χ3n) is 3.43. The van der Waals surface area contributed by atoms with Crippen LogP contribution in [0.4, 0.5) is 4.39 Å². The van der Waals surface area contributed by atoms with Gasteiger partial charge in [0.25, 0.3) is 0 Å². The van der Waals surface area contributed by atoms with Crippen LogP contribution in [-0.2, 0) is 9.84 Å². The molecule has 0 amide bonds. The Labute approximate surface area is 128 Å². The van der Waals surface area contributed by atoms with Crippen LogP contribution < -0.4 is 0 Å². The molecule has 0 atom stereocenters. The van der Waals surface area contributed by atoms with Crippen LogP contribution >= 0.6 is 0 Å². The monoisotopic (exact) mass is 315 g/mol. The van der Waals surface area contributed by atoms with Crippen LogP contribution in [-0.4, -0.2) is 19.2 Å². The number of para-hydroxylation sites is 1. The summed E-state index contributed by atoms with van der Waals surface area (Å²) in [4.78, 5) is 0.217. The summed E-state index contributed by atoms with van der Waals surface area (Å²) >= 11 is 0. The van der Waals surface area contributed by atoms with E-state index in [2.05, 4.69) is 0 Å². The van der Waals surface area contributed by atoms with Crippen LogP contribution in [0.1, 0.15) is 0 Å². The van der Waals surface area contributed by atoms with Crippen molar-refractivity contribution in [2.75, 3.05) is 6.26 Å². The van der Waals surface area contributed by atoms with E-state index in [1.807, 2.05) is 30.3 Å². The molecular formula is C17H14FNO2S. The van der Waals surface area contributed by atoms with Gasteiger partial charge in [-0.15, -0.1) is 0 Å². The van der Waals surface area contributed by atoms with Crippen molar-refractivity contribution in [1.29, 1.82) is 0 Å². The van der Waals surface area contributed by atoms with Gasteiger partial charge < -0.3 is 4.57 Å². The lowest BCUT2D eigenvalue weighted by Crippen LogP contribution is -1.98. The van der Waals surface area contributed by atoms with Crippen molar-refractivity contribution < 1.29 is 12.8 Å². The standard InChI is InChI=1S/C17H14FNO2S/c1-22(20,21)15-9-7-13(8-10-15)17-16(18)11-12-19(17)14-5-3-2-4-6-14/h2-12H,1H3. The molecule has 22 heavy (non-hydrogen) atoms. The molecule has 0 bridgehead atoms. The summed E-state index contributed by atoms with van der Waals surface area (Å²) in [5.74, 6) is -0.351. The zero-order valence-electron chi connectivity index (χ0n) is 11.9. The van der Waals surface area contributed by atoms with Gasteiger partial charge in [0.15, 0.2) is 9.84 Å². The van der Waals surface area contributed by atoms with E-state index in [0.717, 1.165) is 11.9 Å². The molecule has 1 aromatic heterocycles. The molecule has 0 spiro atoms. The maximum Gasteiger partial charge on any atom is 0.175 e. The Morgan fingerprint density at radius 1 is 0.909 bits per heavy atom. The second kappa shape index (κ2) is 5.42. The van der Waals surface area contributed by atoms with Crippen molar-refractivity contribution >= 4 is 9.84 Å². The van der Waals surface area contributed by atoms with Crippen molar-refractivity contribution in [3.8, 4) is 16.9 Å². The van der Waals surface area contributed by atoms with Gasteiger partial charge in [-0.05, 0) is 30.3 Å². The summed E-state index contributed by atoms with van der Waals surface area (Å²) in [5.41, 5.74) is 1.87. The SMILES string of the molecule is CS(=O)(=O)c1ccc(-c2c(F)ccn2-c2ccccc2)cc1. The Morgan fingerprint density at radius 2 is 1.55 bits per heavy atom. The molecule has 0 aliphatic heterocycles. The first-order valence-corrected chi connectivity index (χ1v) is 8.59. The van der Waals surface area contributed by atoms with Crippen LogP contribution in [0.25, 0.3) is 16.9 Å². The second-order valence-corrected chi connectivity index (χ2v) is 7.03. The van der Waals surface area contributed by atoms with Crippen molar-refractivity contribution in [2.24, 2.45) is 0 Å². The van der Waals surface area contributed by atoms with Crippen LogP contribution in [0.2, 0.25) is 0 Å². The molecule has 0 N–H and O–H groups in total. The molecule has 0 aliphatic carbocycles. The van der Waals surface area contributed by atoms with Gasteiger partial charge in [0.1, 0.15) is 5.82 Å². The molecule has 0 unspecified atom stereocenters. The molecule has 5 heteroatoms. The van der Waals surface area contributed by atoms with Gasteiger partial charge in [-0.3, -0.25) is 0 Å². The van der Waals surface area contributed by atoms with Gasteiger partial charge in [0.2, 0.25) is 0 Å². The van der Waals surface area contributed by atoms with Gasteiger partial charge in [-0.1, -0.05) is 30.3 Å². The minimum Gasteiger partial charge on any atom is -0.314 e. The summed E-state index contributed by atoms with van der Waals surface area (Å²) in [5, 5.41) is 0. The number of nitrogens with zero attached hydrogens (tertiary/aromatic N) is 1. The number of aromatic nitrogens is 1. The first-order chi connectivity index (χ1) is 10.5. The largest absolute Gasteiger partial charge is 0.314 e. The topological polar surface area (TPSA) is 39.1 Å². The summed E-state index contributed by atoms with van der Waals surface area (Å²) in [6.45, 7) is 0. The number of benzene rings is 2. The Kier molecular flexibility index (Phi) is 3.58. The van der Waals surface area contributed by atoms with E-state index in [4.69, 9.17) is 0 Å². The fraction of sp³-hybridized carbons (Fsp3) is 0.0588. The normalized spacial score (nSPS) is 11.5. The van der Waals surface area contributed by atoms with Crippen LogP contribution in [0, 0.1) is 5.82 Å². The zero-order chi connectivity index (χ0) is 15.7. The average molecular weight is 315 g/mol. The number of rotatable bonds is 3. The van der Waals surface area contributed by atoms with E-state index in [1.54, 1.807) is 22.9 Å². The third-order valence-corrected chi connectivity index (χ3v) is 4.56. The Hall–Kier alpha value is -2.40. The highest BCUT2D eigenvalue weighted by molar-refractivity contribution is 7.90. The lowest BCUT2D eigenvalue weighted by atomic mass is 10.1. The quantitative estimate of drug-likeness (QED) is 0.739. The second-order valence-electron chi connectivity index (χ2n) is 5.01. The molecule has 3 nitrogen and oxygen atoms in total. The van der Waals surface area contributed by atoms with E-state index < -0.39 is 9.84 Å². The summed E-state index contributed by atoms with van der Waals surface area (Å²) in [6, 6.07) is 17.0. The van der Waals surface area contributed by atoms with Crippen molar-refractivity contribution in [3.05, 3.63) is 72.7 Å². The molecule has 0 fully saturated rings. The van der Waals surface area contributed by atoms with E-state index in [9.17, 15) is 12.8 Å². The maximum absolute atomic E-state index is 14.2. The first kappa shape index (κ1) is 14.5. The highest BCUT2D eigenvalue weighted by Crippen LogP contribution is 2.28. The van der Waals surface area contributed by atoms with E-state index in [-0.39, 0.29) is 10.7 Å². The van der Waals surface area contributed by atoms with E-state index in [1.165, 1.54) is 18.2 Å². The molecule has 1 heterocycles. The van der Waals surface area contributed by atoms with Gasteiger partial charge >= 0.3 is 0 Å². The summed E-state index contributed by atoms with van der Waals surface area (Å²) in [7, 11) is -3.26. The molecule has 0 saturated carbocycles. The Bertz CT molecular complexity index is 898. The van der Waals surface area contributed by atoms with Crippen LogP contribution in [0.3, 0.4) is 0 Å². The molecule has 0 saturated heterocycles. The van der Waals surface area contributed by atoms with Gasteiger partial charge in [0.05, 0.1) is 10.6 Å². The molecule has 2 aromatic carbocycles. The highest BCUT2D eigenvalue weighted by atomic mass is 32.2. The highest BCUT2D eigenvalue weighted by Gasteiger charge is 2.14. The minimum atomic E-state index is -3.26. The minimum absolute atomic E-state index is 0.217. The number of halogens is 1. The van der Waals surface area contributed by atoms with E-state index >= 15 is 0 Å². The fourth-order valence-corrected chi connectivity index (χ4v) is 2.98. The third kappa shape index (κ3) is 2.67. The number of sulfone groups is 1. The molecule has 3 aromatic rings. The zero-order valence-corrected chi connectivity index (χ0v) is 12.7. The van der Waals surface area contributed by atoms with E-state index in [0.29, 0.717) is 11.3 Å². The van der Waals surface area contributed by atoms with Crippen molar-refractivity contribution in [1.82, 2.24) is 4.57 Å². The van der Waals surface area contributed by atoms with Crippen LogP contribution in [0.15, 0.2) is 71.8 Å². The number of hydrogen-bond acceptors (Lipinski definition) is 2. The van der Waals surface area contributed by atoms with Gasteiger partial charge in [-0.25, -0.2) is 12.8 Å². The predicted molar refractivity (Wildman–Crippen MR) is 84.3 cm³/mol. The number of hydrogen-bond donors (Lipinski definition) is 0. The summed E-state index contributed by atoms with van der Waals surface area (Å²) < 4.78 is 38.9. The average Bonchev–Trinajstić information content (AvgIpc) is 2.89. The maximum atomic E-state index is 14.2. The smallest absolute Gasteiger partial charge is 0.175 e. The van der Waals surface area contributed by atoms with Gasteiger partial charge in [-0.2, -0.15) is 0 Å². The predicted octanol–water partition coefficient (Wildman–Crippen LogP) is 3.69. The Balaban J connectivity index is 2.12. The molecule has 0 aliphatic rings. The Morgan fingerprint density at radius 3 is 2.14 bits per heavy atom. The van der Waals surface area contributed by atoms with Crippen LogP contribution in [0.5, 0.6) is 0 Å². The molecular weight excluding hydrogens is 301 g/mol. The lowest BCUT2D eigenvalue weighted by molar-refractivity contribution is 0.602. The molecule has 3 rings (SSSR count). The first-order valence-electron chi connectivity index (χ1n) is 6.69. The van der Waals surface area contributed by atoms with Crippen molar-refractivity contribution in [2.45, 2.75) is 4.90 Å². The lowest BCUT2D eigenvalue weighted by Gasteiger charge is -2.10.